The van der Waals surface area contributed by atoms with Crippen LogP contribution in [0.4, 0.5) is 10.6 Å². The molecule has 2 aromatic heterocycles. The maximum Gasteiger partial charge on any atom is 0.328 e. The Morgan fingerprint density at radius 3 is 2.48 bits per heavy atom. The number of halogens is 1. The smallest absolute Gasteiger partial charge is 0.328 e. The standard InChI is InChI=1S/C39H32ClN5O6S/c1-17-24-14-18(40)8-13-29(24)52-33(17)27-16-30(43(3)42-27)44-35(48)26-15-25-22(9-10-23-31(25)36(49)45(34(23)47)38(41)51)32(39(26,2)37(44)50)21-11-12-28(46)20-7-5-4-6-19(20)21/h4-9,11-14,16,23,25-26,31-32,46H,10,15H2,1-3H3,(H2,41,51)/t23-,25+,26-,31-,32-,39+/m0/s1. The predicted molar refractivity (Wildman–Crippen MR) is 195 cm³/mol. The highest BCUT2D eigenvalue weighted by Crippen LogP contribution is 2.64. The number of nitrogens with two attached hydrogens (primary N) is 1. The monoisotopic (exact) mass is 733 g/mol. The molecule has 9 rings (SSSR count). The van der Waals surface area contributed by atoms with Crippen molar-refractivity contribution in [3.63, 3.8) is 0 Å². The van der Waals surface area contributed by atoms with Crippen molar-refractivity contribution in [3.05, 3.63) is 88.5 Å². The largest absolute Gasteiger partial charge is 0.507 e. The topological polar surface area (TPSA) is 156 Å². The van der Waals surface area contributed by atoms with Crippen LogP contribution < -0.4 is 10.6 Å². The molecular weight excluding hydrogens is 702 g/mol. The number of hydrogen-bond donors (Lipinski definition) is 2. The number of amides is 6. The van der Waals surface area contributed by atoms with Crippen LogP contribution in [0.5, 0.6) is 5.75 Å². The summed E-state index contributed by atoms with van der Waals surface area (Å²) in [6.45, 7) is 3.80. The van der Waals surface area contributed by atoms with Gasteiger partial charge in [-0.3, -0.25) is 23.9 Å². The minimum atomic E-state index is -1.32. The molecule has 6 amide bonds. The van der Waals surface area contributed by atoms with Gasteiger partial charge in [-0.1, -0.05) is 53.6 Å². The number of rotatable bonds is 3. The van der Waals surface area contributed by atoms with Gasteiger partial charge >= 0.3 is 6.03 Å². The Morgan fingerprint density at radius 1 is 0.981 bits per heavy atom. The summed E-state index contributed by atoms with van der Waals surface area (Å²) in [4.78, 5) is 72.1. The zero-order valence-electron chi connectivity index (χ0n) is 28.3. The molecule has 2 aliphatic carbocycles. The number of aromatic hydroxyl groups is 1. The van der Waals surface area contributed by atoms with E-state index < -0.39 is 64.7 Å². The first-order valence-electron chi connectivity index (χ1n) is 17.0. The van der Waals surface area contributed by atoms with Gasteiger partial charge in [0, 0.05) is 34.1 Å². The summed E-state index contributed by atoms with van der Waals surface area (Å²) in [6, 6.07) is 17.0. The number of carbonyl (C=O) groups is 5. The number of urea groups is 1. The van der Waals surface area contributed by atoms with Gasteiger partial charge in [-0.15, -0.1) is 11.3 Å². The summed E-state index contributed by atoms with van der Waals surface area (Å²) >= 11 is 7.85. The Hall–Kier alpha value is -5.33. The number of carbonyl (C=O) groups excluding carboxylic acids is 5. The lowest BCUT2D eigenvalue weighted by Crippen LogP contribution is -2.49. The molecule has 2 aliphatic heterocycles. The van der Waals surface area contributed by atoms with Crippen LogP contribution >= 0.6 is 22.9 Å². The van der Waals surface area contributed by atoms with Gasteiger partial charge in [0.25, 0.3) is 0 Å². The first kappa shape index (κ1) is 32.6. The molecule has 0 spiro atoms. The SMILES string of the molecule is Cc1c(-c2cc(N3C(=O)[C@@H]4C[C@@H]5C(=CC[C@@H]6C(=O)N(C(N)=O)C(=O)[C@@H]65)[C@H](c5ccc(O)c6ccccc56)[C@]4(C)C3=O)n(C)n2)sc2ccc(Cl)cc12. The highest BCUT2D eigenvalue weighted by molar-refractivity contribution is 7.22. The van der Waals surface area contributed by atoms with E-state index in [1.165, 1.54) is 4.90 Å². The molecule has 4 aliphatic rings. The van der Waals surface area contributed by atoms with Gasteiger partial charge in [-0.25, -0.2) is 9.69 Å². The Labute approximate surface area is 306 Å². The van der Waals surface area contributed by atoms with Crippen LogP contribution in [0.25, 0.3) is 31.4 Å². The Balaban J connectivity index is 1.21. The van der Waals surface area contributed by atoms with Gasteiger partial charge in [-0.2, -0.15) is 10.00 Å². The van der Waals surface area contributed by atoms with Gasteiger partial charge < -0.3 is 10.8 Å². The third-order valence-electron chi connectivity index (χ3n) is 12.0. The fourth-order valence-electron chi connectivity index (χ4n) is 9.57. The Bertz CT molecular complexity index is 2520. The maximum atomic E-state index is 15.1. The minimum Gasteiger partial charge on any atom is -0.507 e. The van der Waals surface area contributed by atoms with Crippen molar-refractivity contribution in [2.24, 2.45) is 41.9 Å². The molecule has 2 saturated heterocycles. The van der Waals surface area contributed by atoms with Crippen LogP contribution in [0.2, 0.25) is 5.02 Å². The summed E-state index contributed by atoms with van der Waals surface area (Å²) < 4.78 is 2.57. The number of benzene rings is 3. The summed E-state index contributed by atoms with van der Waals surface area (Å²) in [6.07, 6.45) is 2.20. The van der Waals surface area contributed by atoms with Crippen LogP contribution in [0, 0.1) is 36.0 Å². The highest BCUT2D eigenvalue weighted by Gasteiger charge is 2.68. The van der Waals surface area contributed by atoms with Gasteiger partial charge in [0.2, 0.25) is 23.6 Å². The predicted octanol–water partition coefficient (Wildman–Crippen LogP) is 6.43. The summed E-state index contributed by atoms with van der Waals surface area (Å²) in [5.74, 6) is -5.74. The van der Waals surface area contributed by atoms with E-state index >= 15 is 4.79 Å². The molecule has 3 fully saturated rings. The van der Waals surface area contributed by atoms with Crippen molar-refractivity contribution >= 4 is 79.3 Å². The third-order valence-corrected chi connectivity index (χ3v) is 13.5. The number of hydrogen-bond acceptors (Lipinski definition) is 8. The zero-order valence-corrected chi connectivity index (χ0v) is 29.9. The van der Waals surface area contributed by atoms with Crippen molar-refractivity contribution in [1.29, 1.82) is 0 Å². The molecule has 3 N–H and O–H groups in total. The molecule has 0 unspecified atom stereocenters. The van der Waals surface area contributed by atoms with Crippen LogP contribution in [0.1, 0.15) is 36.8 Å². The third kappa shape index (κ3) is 4.19. The zero-order chi connectivity index (χ0) is 36.5. The number of imide groups is 4. The molecule has 1 saturated carbocycles. The lowest BCUT2D eigenvalue weighted by molar-refractivity contribution is -0.136. The normalized spacial score (nSPS) is 27.0. The molecule has 11 nitrogen and oxygen atoms in total. The van der Waals surface area contributed by atoms with Gasteiger partial charge in [-0.05, 0) is 78.8 Å². The first-order chi connectivity index (χ1) is 24.8. The summed E-state index contributed by atoms with van der Waals surface area (Å²) in [5, 5.41) is 18.5. The van der Waals surface area contributed by atoms with Gasteiger partial charge in [0.05, 0.1) is 28.0 Å². The van der Waals surface area contributed by atoms with E-state index in [1.807, 2.05) is 56.3 Å². The average Bonchev–Trinajstić information content (AvgIpc) is 3.79. The maximum absolute atomic E-state index is 15.1. The molecule has 13 heteroatoms. The molecular formula is C39H32ClN5O6S. The molecule has 6 atom stereocenters. The van der Waals surface area contributed by atoms with Gasteiger partial charge in [0.15, 0.2) is 0 Å². The summed E-state index contributed by atoms with van der Waals surface area (Å²) in [7, 11) is 1.70. The number of aryl methyl sites for hydroxylation is 2. The quantitative estimate of drug-likeness (QED) is 0.160. The number of aromatic nitrogens is 2. The number of allylic oxidation sites excluding steroid dienone is 2. The molecule has 0 radical (unpaired) electrons. The van der Waals surface area contributed by atoms with E-state index in [0.29, 0.717) is 37.8 Å². The second-order valence-corrected chi connectivity index (χ2v) is 15.9. The fraction of sp³-hybridized carbons (Fsp3) is 0.282. The second-order valence-electron chi connectivity index (χ2n) is 14.4. The number of primary amides is 1. The van der Waals surface area contributed by atoms with E-state index in [9.17, 15) is 24.3 Å². The van der Waals surface area contributed by atoms with Crippen LogP contribution in [0.15, 0.2) is 72.3 Å². The molecule has 4 heterocycles. The Kier molecular flexibility index (Phi) is 6.94. The lowest BCUT2D eigenvalue weighted by Gasteiger charge is -2.49. The highest BCUT2D eigenvalue weighted by atomic mass is 35.5. The average molecular weight is 734 g/mol. The molecule has 3 aromatic carbocycles. The van der Waals surface area contributed by atoms with E-state index in [-0.39, 0.29) is 18.6 Å². The second kappa shape index (κ2) is 11.1. The van der Waals surface area contributed by atoms with Crippen molar-refractivity contribution < 1.29 is 29.1 Å². The number of phenols is 1. The van der Waals surface area contributed by atoms with Crippen LogP contribution in [0.3, 0.4) is 0 Å². The van der Waals surface area contributed by atoms with E-state index in [1.54, 1.807) is 47.3 Å². The molecule has 262 valence electrons. The summed E-state index contributed by atoms with van der Waals surface area (Å²) in [5.41, 5.74) is 7.25. The molecule has 5 aromatic rings. The number of likely N-dealkylation sites (tertiary alicyclic amines) is 1. The fourth-order valence-corrected chi connectivity index (χ4v) is 10.9. The minimum absolute atomic E-state index is 0.0661. The molecule has 0 bridgehead atoms. The van der Waals surface area contributed by atoms with Crippen molar-refractivity contribution in [3.8, 4) is 16.3 Å². The van der Waals surface area contributed by atoms with Crippen molar-refractivity contribution in [2.75, 3.05) is 4.90 Å². The lowest BCUT2D eigenvalue weighted by atomic mass is 9.51. The number of anilines is 1. The van der Waals surface area contributed by atoms with Crippen LogP contribution in [-0.4, -0.2) is 49.4 Å². The number of nitrogens with zero attached hydrogens (tertiary/aromatic N) is 4. The number of fused-ring (bicyclic) bond motifs is 6. The first-order valence-corrected chi connectivity index (χ1v) is 18.2. The van der Waals surface area contributed by atoms with Crippen molar-refractivity contribution in [2.45, 2.75) is 32.6 Å². The van der Waals surface area contributed by atoms with Gasteiger partial charge in [0.1, 0.15) is 17.3 Å². The number of phenolic OH excluding ortho intramolecular Hbond substituents is 1. The van der Waals surface area contributed by atoms with Crippen molar-refractivity contribution in [1.82, 2.24) is 14.7 Å². The van der Waals surface area contributed by atoms with E-state index in [4.69, 9.17) is 22.4 Å². The molecule has 52 heavy (non-hydrogen) atoms. The van der Waals surface area contributed by atoms with E-state index in [0.717, 1.165) is 26.1 Å². The number of thiophene rings is 1. The Morgan fingerprint density at radius 2 is 1.73 bits per heavy atom. The van der Waals surface area contributed by atoms with E-state index in [2.05, 4.69) is 0 Å². The van der Waals surface area contributed by atoms with Crippen LogP contribution in [-0.2, 0) is 26.2 Å².